The van der Waals surface area contributed by atoms with E-state index in [9.17, 15) is 4.39 Å². The van der Waals surface area contributed by atoms with Crippen LogP contribution in [0, 0.1) is 5.95 Å². The molecule has 0 saturated carbocycles. The number of aromatic nitrogens is 1. The smallest absolute Gasteiger partial charge is 0.213 e. The Hall–Kier alpha value is -1.64. The standard InChI is InChI=1S/C10H8FNO/c1-13-9-4-2-3-8-7(9)5-6-10(11)12-8/h2-6H,1H3. The lowest BCUT2D eigenvalue weighted by molar-refractivity contribution is 0.419. The minimum absolute atomic E-state index is 0.472. The molecular formula is C10H8FNO. The molecule has 66 valence electrons. The highest BCUT2D eigenvalue weighted by Gasteiger charge is 2.01. The Morgan fingerprint density at radius 3 is 2.85 bits per heavy atom. The number of rotatable bonds is 1. The number of halogens is 1. The van der Waals surface area contributed by atoms with E-state index < -0.39 is 5.95 Å². The molecule has 3 heteroatoms. The van der Waals surface area contributed by atoms with Gasteiger partial charge >= 0.3 is 0 Å². The summed E-state index contributed by atoms with van der Waals surface area (Å²) in [6.45, 7) is 0. The molecule has 0 N–H and O–H groups in total. The number of hydrogen-bond acceptors (Lipinski definition) is 2. The van der Waals surface area contributed by atoms with Gasteiger partial charge in [-0.15, -0.1) is 0 Å². The number of hydrogen-bond donors (Lipinski definition) is 0. The molecule has 0 spiro atoms. The molecule has 0 aliphatic heterocycles. The number of fused-ring (bicyclic) bond motifs is 1. The summed E-state index contributed by atoms with van der Waals surface area (Å²) in [6, 6.07) is 8.35. The van der Waals surface area contributed by atoms with Gasteiger partial charge in [-0.2, -0.15) is 4.39 Å². The van der Waals surface area contributed by atoms with Crippen LogP contribution in [0.25, 0.3) is 10.9 Å². The number of ether oxygens (including phenoxy) is 1. The zero-order chi connectivity index (χ0) is 9.26. The minimum atomic E-state index is -0.472. The van der Waals surface area contributed by atoms with Crippen molar-refractivity contribution in [3.05, 3.63) is 36.3 Å². The van der Waals surface area contributed by atoms with Crippen LogP contribution in [0.1, 0.15) is 0 Å². The fourth-order valence-corrected chi connectivity index (χ4v) is 1.28. The maximum absolute atomic E-state index is 12.7. The predicted octanol–water partition coefficient (Wildman–Crippen LogP) is 2.38. The SMILES string of the molecule is COc1cccc2nc(F)ccc12. The third-order valence-corrected chi connectivity index (χ3v) is 1.88. The van der Waals surface area contributed by atoms with Gasteiger partial charge in [0.2, 0.25) is 5.95 Å². The van der Waals surface area contributed by atoms with E-state index in [1.54, 1.807) is 25.3 Å². The quantitative estimate of drug-likeness (QED) is 0.624. The first-order valence-electron chi connectivity index (χ1n) is 3.90. The molecular weight excluding hydrogens is 169 g/mol. The lowest BCUT2D eigenvalue weighted by atomic mass is 10.2. The number of methoxy groups -OCH3 is 1. The van der Waals surface area contributed by atoms with Gasteiger partial charge in [0.05, 0.1) is 12.6 Å². The minimum Gasteiger partial charge on any atom is -0.496 e. The van der Waals surface area contributed by atoms with Gasteiger partial charge < -0.3 is 4.74 Å². The molecule has 0 bridgehead atoms. The summed E-state index contributed by atoms with van der Waals surface area (Å²) in [5.41, 5.74) is 0.611. The summed E-state index contributed by atoms with van der Waals surface area (Å²) in [5, 5.41) is 0.825. The van der Waals surface area contributed by atoms with Crippen LogP contribution in [0.4, 0.5) is 4.39 Å². The first-order chi connectivity index (χ1) is 6.31. The monoisotopic (exact) mass is 177 g/mol. The Bertz CT molecular complexity index is 442. The van der Waals surface area contributed by atoms with Gasteiger partial charge in [0, 0.05) is 5.39 Å². The molecule has 0 radical (unpaired) electrons. The molecule has 2 aromatic rings. The molecule has 0 amide bonds. The lowest BCUT2D eigenvalue weighted by Gasteiger charge is -2.03. The highest BCUT2D eigenvalue weighted by molar-refractivity contribution is 5.84. The lowest BCUT2D eigenvalue weighted by Crippen LogP contribution is -1.88. The molecule has 0 saturated heterocycles. The molecule has 1 aromatic heterocycles. The maximum atomic E-state index is 12.7. The molecule has 2 nitrogen and oxygen atoms in total. The highest BCUT2D eigenvalue weighted by Crippen LogP contribution is 2.23. The molecule has 13 heavy (non-hydrogen) atoms. The zero-order valence-corrected chi connectivity index (χ0v) is 7.12. The normalized spacial score (nSPS) is 10.3. The Kier molecular flexibility index (Phi) is 1.85. The molecule has 1 aromatic carbocycles. The second-order valence-corrected chi connectivity index (χ2v) is 2.66. The van der Waals surface area contributed by atoms with Crippen molar-refractivity contribution in [1.29, 1.82) is 0 Å². The van der Waals surface area contributed by atoms with Gasteiger partial charge in [-0.3, -0.25) is 0 Å². The van der Waals surface area contributed by atoms with Crippen molar-refractivity contribution in [2.45, 2.75) is 0 Å². The van der Waals surface area contributed by atoms with Crippen LogP contribution < -0.4 is 4.74 Å². The number of nitrogens with zero attached hydrogens (tertiary/aromatic N) is 1. The van der Waals surface area contributed by atoms with Crippen molar-refractivity contribution in [1.82, 2.24) is 4.98 Å². The average Bonchev–Trinajstić information content (AvgIpc) is 2.16. The third-order valence-electron chi connectivity index (χ3n) is 1.88. The maximum Gasteiger partial charge on any atom is 0.213 e. The molecule has 1 heterocycles. The Balaban J connectivity index is 2.77. The van der Waals surface area contributed by atoms with Crippen LogP contribution in [0.2, 0.25) is 0 Å². The van der Waals surface area contributed by atoms with Crippen molar-refractivity contribution >= 4 is 10.9 Å². The first kappa shape index (κ1) is 7.98. The van der Waals surface area contributed by atoms with E-state index in [4.69, 9.17) is 4.74 Å². The summed E-state index contributed by atoms with van der Waals surface area (Å²) in [6.07, 6.45) is 0. The fourth-order valence-electron chi connectivity index (χ4n) is 1.28. The van der Waals surface area contributed by atoms with E-state index in [-0.39, 0.29) is 0 Å². The van der Waals surface area contributed by atoms with E-state index in [0.29, 0.717) is 11.3 Å². The van der Waals surface area contributed by atoms with Gasteiger partial charge in [0.25, 0.3) is 0 Å². The van der Waals surface area contributed by atoms with Gasteiger partial charge in [-0.05, 0) is 24.3 Å². The third kappa shape index (κ3) is 1.33. The van der Waals surface area contributed by atoms with Crippen molar-refractivity contribution in [3.63, 3.8) is 0 Å². The van der Waals surface area contributed by atoms with Crippen LogP contribution in [0.15, 0.2) is 30.3 Å². The Labute approximate surface area is 75.0 Å². The largest absolute Gasteiger partial charge is 0.496 e. The van der Waals surface area contributed by atoms with E-state index in [2.05, 4.69) is 4.98 Å². The van der Waals surface area contributed by atoms with Gasteiger partial charge in [-0.1, -0.05) is 6.07 Å². The van der Waals surface area contributed by atoms with Crippen LogP contribution in [0.3, 0.4) is 0 Å². The van der Waals surface area contributed by atoms with E-state index >= 15 is 0 Å². The number of pyridine rings is 1. The highest BCUT2D eigenvalue weighted by atomic mass is 19.1. The molecule has 0 unspecified atom stereocenters. The van der Waals surface area contributed by atoms with Crippen LogP contribution >= 0.6 is 0 Å². The van der Waals surface area contributed by atoms with E-state index in [0.717, 1.165) is 5.39 Å². The van der Waals surface area contributed by atoms with Gasteiger partial charge in [0.15, 0.2) is 0 Å². The van der Waals surface area contributed by atoms with E-state index in [1.165, 1.54) is 6.07 Å². The molecule has 0 atom stereocenters. The molecule has 0 aliphatic carbocycles. The first-order valence-corrected chi connectivity index (χ1v) is 3.90. The Morgan fingerprint density at radius 2 is 2.08 bits per heavy atom. The zero-order valence-electron chi connectivity index (χ0n) is 7.12. The van der Waals surface area contributed by atoms with Crippen molar-refractivity contribution in [3.8, 4) is 5.75 Å². The predicted molar refractivity (Wildman–Crippen MR) is 48.3 cm³/mol. The molecule has 2 rings (SSSR count). The topological polar surface area (TPSA) is 22.1 Å². The second kappa shape index (κ2) is 3.01. The summed E-state index contributed by atoms with van der Waals surface area (Å²) >= 11 is 0. The van der Waals surface area contributed by atoms with Crippen molar-refractivity contribution in [2.24, 2.45) is 0 Å². The van der Waals surface area contributed by atoms with Crippen molar-refractivity contribution < 1.29 is 9.13 Å². The van der Waals surface area contributed by atoms with Crippen molar-refractivity contribution in [2.75, 3.05) is 7.11 Å². The molecule has 0 aliphatic rings. The van der Waals surface area contributed by atoms with Crippen LogP contribution in [-0.2, 0) is 0 Å². The van der Waals surface area contributed by atoms with E-state index in [1.807, 2.05) is 6.07 Å². The summed E-state index contributed by atoms with van der Waals surface area (Å²) < 4.78 is 17.8. The summed E-state index contributed by atoms with van der Waals surface area (Å²) in [5.74, 6) is 0.241. The average molecular weight is 177 g/mol. The van der Waals surface area contributed by atoms with Crippen LogP contribution in [0.5, 0.6) is 5.75 Å². The number of benzene rings is 1. The fraction of sp³-hybridized carbons (Fsp3) is 0.100. The Morgan fingerprint density at radius 1 is 1.23 bits per heavy atom. The molecule has 0 fully saturated rings. The summed E-state index contributed by atoms with van der Waals surface area (Å²) in [7, 11) is 1.58. The van der Waals surface area contributed by atoms with Gasteiger partial charge in [0.1, 0.15) is 5.75 Å². The second-order valence-electron chi connectivity index (χ2n) is 2.66. The summed E-state index contributed by atoms with van der Waals surface area (Å²) in [4.78, 5) is 3.74. The van der Waals surface area contributed by atoms with Gasteiger partial charge in [-0.25, -0.2) is 4.98 Å². The van der Waals surface area contributed by atoms with Crippen LogP contribution in [-0.4, -0.2) is 12.1 Å².